The first kappa shape index (κ1) is 36.0. The minimum atomic E-state index is -1.10. The molecule has 12 nitrogen and oxygen atoms in total. The van der Waals surface area contributed by atoms with Gasteiger partial charge in [-0.1, -0.05) is 36.4 Å². The Morgan fingerprint density at radius 1 is 0.839 bits per heavy atom. The Labute approximate surface area is 323 Å². The molecule has 0 aromatic heterocycles. The van der Waals surface area contributed by atoms with Crippen LogP contribution in [0.4, 0.5) is 22.7 Å². The van der Waals surface area contributed by atoms with Gasteiger partial charge < -0.3 is 29.0 Å². The van der Waals surface area contributed by atoms with Gasteiger partial charge in [-0.3, -0.25) is 24.5 Å². The van der Waals surface area contributed by atoms with Crippen LogP contribution in [0.2, 0.25) is 0 Å². The topological polar surface area (TPSA) is 140 Å². The maximum atomic E-state index is 13.8. The van der Waals surface area contributed by atoms with E-state index in [1.165, 1.54) is 7.11 Å². The number of aromatic carboxylic acids is 1. The van der Waals surface area contributed by atoms with Crippen LogP contribution in [-0.2, 0) is 30.8 Å². The minimum Gasteiger partial charge on any atom is -0.493 e. The van der Waals surface area contributed by atoms with Crippen LogP contribution in [0.1, 0.15) is 48.5 Å². The van der Waals surface area contributed by atoms with Gasteiger partial charge in [0.1, 0.15) is 13.2 Å². The first-order valence-corrected chi connectivity index (χ1v) is 18.1. The van der Waals surface area contributed by atoms with Crippen molar-refractivity contribution in [1.82, 2.24) is 0 Å². The number of carbonyl (C=O) groups excluding carboxylic acids is 2. The van der Waals surface area contributed by atoms with E-state index >= 15 is 0 Å². The van der Waals surface area contributed by atoms with E-state index in [4.69, 9.17) is 23.9 Å². The molecule has 3 heterocycles. The van der Waals surface area contributed by atoms with Gasteiger partial charge in [-0.05, 0) is 77.2 Å². The molecule has 5 aromatic carbocycles. The average molecular weight is 751 g/mol. The standard InChI is InChI=1S/C44H38N4O8/c1-26-12-39(53-2)41(19-35(26)45-21-32-16-29-8-4-6-10-37(29)47(32)25-49)55-23-27-13-28(15-31(14-27)44(51)52)24-56-42-20-36-34(18-40(42)54-3)43(50)48-33(22-46-36)17-30-9-5-7-11-38(30)48/h4-15,18-22,25,32-33H,16-17,23-24H2,1-3H3,(H,51,52)/b45-21-/t32?,33-/m0/s1. The number of carboxylic acid groups (broad SMARTS) is 1. The van der Waals surface area contributed by atoms with Gasteiger partial charge in [0, 0.05) is 48.8 Å². The highest BCUT2D eigenvalue weighted by Gasteiger charge is 2.36. The third-order valence-corrected chi connectivity index (χ3v) is 10.3. The molecule has 0 saturated heterocycles. The fraction of sp³-hybridized carbons (Fsp3) is 0.205. The minimum absolute atomic E-state index is 0.00138. The number of carboxylic acids is 1. The van der Waals surface area contributed by atoms with Gasteiger partial charge in [0.15, 0.2) is 23.0 Å². The van der Waals surface area contributed by atoms with Crippen molar-refractivity contribution in [2.24, 2.45) is 9.98 Å². The Morgan fingerprint density at radius 3 is 2.16 bits per heavy atom. The number of methoxy groups -OCH3 is 2. The second-order valence-corrected chi connectivity index (χ2v) is 13.8. The van der Waals surface area contributed by atoms with Gasteiger partial charge in [-0.15, -0.1) is 0 Å². The summed E-state index contributed by atoms with van der Waals surface area (Å²) in [4.78, 5) is 50.8. The van der Waals surface area contributed by atoms with Gasteiger partial charge in [-0.25, -0.2) is 4.79 Å². The molecule has 0 bridgehead atoms. The van der Waals surface area contributed by atoms with E-state index in [0.29, 0.717) is 63.9 Å². The lowest BCUT2D eigenvalue weighted by atomic mass is 10.1. The van der Waals surface area contributed by atoms with Crippen molar-refractivity contribution in [2.75, 3.05) is 24.0 Å². The molecule has 0 spiro atoms. The molecule has 282 valence electrons. The highest BCUT2D eigenvalue weighted by Crippen LogP contribution is 2.41. The molecule has 1 unspecified atom stereocenters. The number of anilines is 2. The van der Waals surface area contributed by atoms with Crippen LogP contribution < -0.4 is 28.7 Å². The van der Waals surface area contributed by atoms with Crippen molar-refractivity contribution < 1.29 is 38.4 Å². The summed E-state index contributed by atoms with van der Waals surface area (Å²) in [5, 5.41) is 9.98. The summed E-state index contributed by atoms with van der Waals surface area (Å²) in [6.45, 7) is 1.93. The molecule has 0 fully saturated rings. The molecule has 56 heavy (non-hydrogen) atoms. The molecule has 0 aliphatic carbocycles. The Hall–Kier alpha value is -6.95. The predicted molar refractivity (Wildman–Crippen MR) is 212 cm³/mol. The Bertz CT molecular complexity index is 2440. The van der Waals surface area contributed by atoms with Crippen LogP contribution in [0.3, 0.4) is 0 Å². The highest BCUT2D eigenvalue weighted by molar-refractivity contribution is 6.14. The van der Waals surface area contributed by atoms with Crippen molar-refractivity contribution in [3.8, 4) is 23.0 Å². The fourth-order valence-corrected chi connectivity index (χ4v) is 7.49. The lowest BCUT2D eigenvalue weighted by Gasteiger charge is -2.22. The van der Waals surface area contributed by atoms with Crippen molar-refractivity contribution >= 4 is 53.5 Å². The zero-order valence-electron chi connectivity index (χ0n) is 31.0. The number of hydrogen-bond acceptors (Lipinski definition) is 9. The highest BCUT2D eigenvalue weighted by atomic mass is 16.5. The third kappa shape index (κ3) is 6.81. The third-order valence-electron chi connectivity index (χ3n) is 10.3. The number of aliphatic imine (C=N–C) groups is 2. The van der Waals surface area contributed by atoms with E-state index in [1.807, 2.05) is 67.6 Å². The molecule has 8 rings (SSSR count). The second-order valence-electron chi connectivity index (χ2n) is 13.8. The normalized spacial score (nSPS) is 16.5. The summed E-state index contributed by atoms with van der Waals surface area (Å²) >= 11 is 0. The Morgan fingerprint density at radius 2 is 1.48 bits per heavy atom. The maximum absolute atomic E-state index is 13.8. The molecular weight excluding hydrogens is 713 g/mol. The number of nitrogens with zero attached hydrogens (tertiary/aromatic N) is 4. The fourth-order valence-electron chi connectivity index (χ4n) is 7.49. The van der Waals surface area contributed by atoms with E-state index < -0.39 is 5.97 Å². The second kappa shape index (κ2) is 15.1. The number of aryl methyl sites for hydroxylation is 1. The van der Waals surface area contributed by atoms with Gasteiger partial charge in [0.2, 0.25) is 6.41 Å². The van der Waals surface area contributed by atoms with Gasteiger partial charge in [0.25, 0.3) is 5.91 Å². The van der Waals surface area contributed by atoms with Crippen molar-refractivity contribution in [3.05, 3.63) is 130 Å². The Balaban J connectivity index is 1.00. The summed E-state index contributed by atoms with van der Waals surface area (Å²) in [5.74, 6) is 0.325. The van der Waals surface area contributed by atoms with E-state index in [1.54, 1.807) is 59.7 Å². The summed E-state index contributed by atoms with van der Waals surface area (Å²) in [6.07, 6.45) is 5.71. The Kier molecular flexibility index (Phi) is 9.69. The predicted octanol–water partition coefficient (Wildman–Crippen LogP) is 7.45. The lowest BCUT2D eigenvalue weighted by molar-refractivity contribution is -0.107. The number of amides is 2. The molecule has 12 heteroatoms. The van der Waals surface area contributed by atoms with Crippen LogP contribution in [0.5, 0.6) is 23.0 Å². The molecule has 0 radical (unpaired) electrons. The van der Waals surface area contributed by atoms with E-state index in [2.05, 4.69) is 4.99 Å². The van der Waals surface area contributed by atoms with Gasteiger partial charge in [0.05, 0.1) is 48.8 Å². The van der Waals surface area contributed by atoms with Crippen molar-refractivity contribution in [2.45, 2.75) is 45.1 Å². The lowest BCUT2D eigenvalue weighted by Crippen LogP contribution is -2.37. The molecule has 3 aliphatic rings. The number of para-hydroxylation sites is 2. The monoisotopic (exact) mass is 750 g/mol. The van der Waals surface area contributed by atoms with Gasteiger partial charge >= 0.3 is 5.97 Å². The summed E-state index contributed by atoms with van der Waals surface area (Å²) in [7, 11) is 3.04. The van der Waals surface area contributed by atoms with Crippen molar-refractivity contribution in [3.63, 3.8) is 0 Å². The number of rotatable bonds is 12. The molecule has 5 aromatic rings. The SMILES string of the molecule is COc1cc2c(cc1OCc1cc(COc3cc(/N=C\C4Cc5ccccc5N4C=O)c(C)cc3OC)cc(C(=O)O)c1)N=C[C@@H]1Cc3ccccc3N1C2=O. The van der Waals surface area contributed by atoms with E-state index in [-0.39, 0.29) is 36.8 Å². The molecule has 1 N–H and O–H groups in total. The largest absolute Gasteiger partial charge is 0.493 e. The first-order chi connectivity index (χ1) is 27.2. The molecular formula is C44H38N4O8. The van der Waals surface area contributed by atoms with E-state index in [0.717, 1.165) is 34.5 Å². The van der Waals surface area contributed by atoms with Crippen molar-refractivity contribution in [1.29, 1.82) is 0 Å². The molecule has 2 amide bonds. The number of benzene rings is 5. The zero-order chi connectivity index (χ0) is 38.9. The smallest absolute Gasteiger partial charge is 0.335 e. The quantitative estimate of drug-likeness (QED) is 0.103. The van der Waals surface area contributed by atoms with Crippen LogP contribution in [0.15, 0.2) is 101 Å². The zero-order valence-corrected chi connectivity index (χ0v) is 31.0. The summed E-state index contributed by atoms with van der Waals surface area (Å²) in [5.41, 5.74) is 7.48. The first-order valence-electron chi connectivity index (χ1n) is 18.1. The maximum Gasteiger partial charge on any atom is 0.335 e. The van der Waals surface area contributed by atoms with Crippen LogP contribution in [0, 0.1) is 6.92 Å². The number of ether oxygens (including phenoxy) is 4. The summed E-state index contributed by atoms with van der Waals surface area (Å²) < 4.78 is 23.7. The van der Waals surface area contributed by atoms with E-state index in [9.17, 15) is 19.5 Å². The number of carbonyl (C=O) groups is 3. The molecule has 0 saturated carbocycles. The number of fused-ring (bicyclic) bond motifs is 5. The molecule has 2 atom stereocenters. The number of hydrogen-bond donors (Lipinski definition) is 1. The van der Waals surface area contributed by atoms with Crippen LogP contribution >= 0.6 is 0 Å². The molecule has 3 aliphatic heterocycles. The van der Waals surface area contributed by atoms with Crippen LogP contribution in [0.25, 0.3) is 0 Å². The summed E-state index contributed by atoms with van der Waals surface area (Å²) in [6, 6.07) is 27.0. The van der Waals surface area contributed by atoms with Gasteiger partial charge in [-0.2, -0.15) is 0 Å². The average Bonchev–Trinajstić information content (AvgIpc) is 3.74. The van der Waals surface area contributed by atoms with Crippen LogP contribution in [-0.4, -0.2) is 62.1 Å².